The van der Waals surface area contributed by atoms with Gasteiger partial charge in [-0.2, -0.15) is 0 Å². The molecular formula is C25H17NO2. The van der Waals surface area contributed by atoms with Crippen molar-refractivity contribution in [2.45, 2.75) is 6.04 Å². The van der Waals surface area contributed by atoms with Crippen molar-refractivity contribution >= 4 is 43.9 Å². The smallest absolute Gasteiger partial charge is 0.135 e. The summed E-state index contributed by atoms with van der Waals surface area (Å²) in [6, 6.07) is 28.4. The van der Waals surface area contributed by atoms with Gasteiger partial charge in [-0.25, -0.2) is 0 Å². The van der Waals surface area contributed by atoms with Crippen LogP contribution in [-0.4, -0.2) is 0 Å². The average Bonchev–Trinajstić information content (AvgIpc) is 3.30. The molecule has 3 nitrogen and oxygen atoms in total. The van der Waals surface area contributed by atoms with Gasteiger partial charge in [0.1, 0.15) is 22.3 Å². The quantitative estimate of drug-likeness (QED) is 0.380. The van der Waals surface area contributed by atoms with Crippen molar-refractivity contribution in [3.8, 4) is 0 Å². The third-order valence-corrected chi connectivity index (χ3v) is 5.52. The van der Waals surface area contributed by atoms with Crippen LogP contribution in [0, 0.1) is 0 Å². The summed E-state index contributed by atoms with van der Waals surface area (Å²) < 4.78 is 11.9. The molecule has 0 fully saturated rings. The van der Waals surface area contributed by atoms with E-state index in [0.717, 1.165) is 55.0 Å². The fourth-order valence-corrected chi connectivity index (χ4v) is 4.07. The molecule has 0 atom stereocenters. The second-order valence-corrected chi connectivity index (χ2v) is 7.19. The summed E-state index contributed by atoms with van der Waals surface area (Å²) >= 11 is 0. The van der Waals surface area contributed by atoms with Crippen LogP contribution in [0.3, 0.4) is 0 Å². The van der Waals surface area contributed by atoms with E-state index in [4.69, 9.17) is 14.6 Å². The van der Waals surface area contributed by atoms with E-state index in [0.29, 0.717) is 0 Å². The van der Waals surface area contributed by atoms with Crippen LogP contribution >= 0.6 is 0 Å². The Labute approximate surface area is 161 Å². The number of fused-ring (bicyclic) bond motifs is 6. The molecule has 0 saturated carbocycles. The summed E-state index contributed by atoms with van der Waals surface area (Å²) in [7, 11) is 0. The standard InChI is InChI=1S/C25H17NO2/c26-25(15-9-11-23-19(13-15)17-5-1-3-7-21(17)27-23)16-10-12-24-20(14-16)18-6-2-4-8-22(18)28-24/h1-14,25H,26H2. The maximum absolute atomic E-state index is 6.66. The van der Waals surface area contributed by atoms with E-state index < -0.39 is 0 Å². The van der Waals surface area contributed by atoms with Gasteiger partial charge < -0.3 is 14.6 Å². The minimum atomic E-state index is -0.226. The Balaban J connectivity index is 1.50. The maximum atomic E-state index is 6.66. The fraction of sp³-hybridized carbons (Fsp3) is 0.0400. The van der Waals surface area contributed by atoms with Crippen LogP contribution in [0.4, 0.5) is 0 Å². The molecule has 3 heteroatoms. The normalized spacial score (nSPS) is 12.1. The van der Waals surface area contributed by atoms with Crippen LogP contribution in [0.5, 0.6) is 0 Å². The van der Waals surface area contributed by atoms with Crippen LogP contribution < -0.4 is 5.73 Å². The van der Waals surface area contributed by atoms with E-state index in [-0.39, 0.29) is 6.04 Å². The molecule has 4 aromatic carbocycles. The summed E-state index contributed by atoms with van der Waals surface area (Å²) in [4.78, 5) is 0. The molecule has 6 aromatic rings. The van der Waals surface area contributed by atoms with E-state index >= 15 is 0 Å². The van der Waals surface area contributed by atoms with Crippen LogP contribution in [0.15, 0.2) is 93.8 Å². The minimum absolute atomic E-state index is 0.226. The van der Waals surface area contributed by atoms with Crippen molar-refractivity contribution in [2.24, 2.45) is 5.73 Å². The Hall–Kier alpha value is -3.56. The van der Waals surface area contributed by atoms with E-state index in [1.807, 2.05) is 60.7 Å². The molecule has 0 amide bonds. The number of hydrogen-bond acceptors (Lipinski definition) is 3. The van der Waals surface area contributed by atoms with Crippen molar-refractivity contribution in [2.75, 3.05) is 0 Å². The van der Waals surface area contributed by atoms with Crippen LogP contribution in [0.1, 0.15) is 17.2 Å². The van der Waals surface area contributed by atoms with Gasteiger partial charge in [0.2, 0.25) is 0 Å². The third-order valence-electron chi connectivity index (χ3n) is 5.52. The van der Waals surface area contributed by atoms with E-state index in [1.54, 1.807) is 0 Å². The Kier molecular flexibility index (Phi) is 3.16. The summed E-state index contributed by atoms with van der Waals surface area (Å²) in [5.74, 6) is 0. The Morgan fingerprint density at radius 2 is 0.929 bits per heavy atom. The highest BCUT2D eigenvalue weighted by Gasteiger charge is 2.15. The highest BCUT2D eigenvalue weighted by atomic mass is 16.3. The minimum Gasteiger partial charge on any atom is -0.456 e. The molecular weight excluding hydrogens is 346 g/mol. The van der Waals surface area contributed by atoms with Gasteiger partial charge in [0.05, 0.1) is 6.04 Å². The highest BCUT2D eigenvalue weighted by molar-refractivity contribution is 6.06. The monoisotopic (exact) mass is 363 g/mol. The van der Waals surface area contributed by atoms with E-state index in [1.165, 1.54) is 0 Å². The first-order chi connectivity index (χ1) is 13.8. The Morgan fingerprint density at radius 1 is 0.500 bits per heavy atom. The van der Waals surface area contributed by atoms with E-state index in [2.05, 4.69) is 24.3 Å². The molecule has 0 aliphatic rings. The zero-order valence-electron chi connectivity index (χ0n) is 15.1. The predicted octanol–water partition coefficient (Wildman–Crippen LogP) is 6.53. The lowest BCUT2D eigenvalue weighted by molar-refractivity contribution is 0.668. The number of para-hydroxylation sites is 2. The maximum Gasteiger partial charge on any atom is 0.135 e. The molecule has 0 spiro atoms. The summed E-state index contributed by atoms with van der Waals surface area (Å²) in [6.45, 7) is 0. The van der Waals surface area contributed by atoms with Gasteiger partial charge in [0.25, 0.3) is 0 Å². The molecule has 134 valence electrons. The molecule has 2 N–H and O–H groups in total. The largest absolute Gasteiger partial charge is 0.456 e. The van der Waals surface area contributed by atoms with Gasteiger partial charge in [-0.15, -0.1) is 0 Å². The molecule has 0 saturated heterocycles. The first-order valence-corrected chi connectivity index (χ1v) is 9.36. The number of nitrogens with two attached hydrogens (primary N) is 1. The molecule has 28 heavy (non-hydrogen) atoms. The van der Waals surface area contributed by atoms with Gasteiger partial charge in [0.15, 0.2) is 0 Å². The Bertz CT molecular complexity index is 1370. The zero-order chi connectivity index (χ0) is 18.7. The van der Waals surface area contributed by atoms with Crippen molar-refractivity contribution in [3.05, 3.63) is 96.1 Å². The molecule has 0 unspecified atom stereocenters. The van der Waals surface area contributed by atoms with Crippen LogP contribution in [0.25, 0.3) is 43.9 Å². The topological polar surface area (TPSA) is 52.3 Å². The number of hydrogen-bond donors (Lipinski definition) is 1. The first-order valence-electron chi connectivity index (χ1n) is 9.36. The fourth-order valence-electron chi connectivity index (χ4n) is 4.07. The number of benzene rings is 4. The van der Waals surface area contributed by atoms with E-state index in [9.17, 15) is 0 Å². The molecule has 2 heterocycles. The summed E-state index contributed by atoms with van der Waals surface area (Å²) in [5.41, 5.74) is 12.3. The molecule has 0 aliphatic carbocycles. The summed E-state index contributed by atoms with van der Waals surface area (Å²) in [5, 5.41) is 4.42. The lowest BCUT2D eigenvalue weighted by Gasteiger charge is -2.13. The van der Waals surface area contributed by atoms with Crippen LogP contribution in [0.2, 0.25) is 0 Å². The van der Waals surface area contributed by atoms with Gasteiger partial charge in [-0.3, -0.25) is 0 Å². The lowest BCUT2D eigenvalue weighted by atomic mass is 9.96. The van der Waals surface area contributed by atoms with Gasteiger partial charge in [0, 0.05) is 21.5 Å². The van der Waals surface area contributed by atoms with Crippen molar-refractivity contribution in [3.63, 3.8) is 0 Å². The SMILES string of the molecule is NC(c1ccc2oc3ccccc3c2c1)c1ccc2oc3ccccc3c2c1. The van der Waals surface area contributed by atoms with Crippen molar-refractivity contribution < 1.29 is 8.83 Å². The predicted molar refractivity (Wildman–Crippen MR) is 113 cm³/mol. The summed E-state index contributed by atoms with van der Waals surface area (Å²) in [6.07, 6.45) is 0. The van der Waals surface area contributed by atoms with Gasteiger partial charge in [-0.1, -0.05) is 48.5 Å². The van der Waals surface area contributed by atoms with Crippen molar-refractivity contribution in [1.29, 1.82) is 0 Å². The second kappa shape index (κ2) is 5.72. The van der Waals surface area contributed by atoms with Gasteiger partial charge in [-0.05, 0) is 47.5 Å². The van der Waals surface area contributed by atoms with Gasteiger partial charge >= 0.3 is 0 Å². The van der Waals surface area contributed by atoms with Crippen LogP contribution in [-0.2, 0) is 0 Å². The molecule has 2 aromatic heterocycles. The molecule has 0 aliphatic heterocycles. The zero-order valence-corrected chi connectivity index (χ0v) is 15.1. The lowest BCUT2D eigenvalue weighted by Crippen LogP contribution is -2.11. The second-order valence-electron chi connectivity index (χ2n) is 7.19. The molecule has 0 bridgehead atoms. The number of furan rings is 2. The molecule has 0 radical (unpaired) electrons. The molecule has 6 rings (SSSR count). The number of rotatable bonds is 2. The third kappa shape index (κ3) is 2.20. The first kappa shape index (κ1) is 15.5. The highest BCUT2D eigenvalue weighted by Crippen LogP contribution is 2.34. The Morgan fingerprint density at radius 3 is 1.43 bits per heavy atom. The average molecular weight is 363 g/mol. The van der Waals surface area contributed by atoms with Crippen molar-refractivity contribution in [1.82, 2.24) is 0 Å².